The van der Waals surface area contributed by atoms with E-state index in [1.807, 2.05) is 62.4 Å². The van der Waals surface area contributed by atoms with E-state index in [2.05, 4.69) is 25.8 Å². The van der Waals surface area contributed by atoms with Crippen LogP contribution in [0.15, 0.2) is 79.0 Å². The smallest absolute Gasteiger partial charge is 0.335 e. The van der Waals surface area contributed by atoms with Crippen molar-refractivity contribution in [1.82, 2.24) is 14.9 Å². The number of aryl methyl sites for hydroxylation is 1. The second-order valence-electron chi connectivity index (χ2n) is 8.69. The van der Waals surface area contributed by atoms with Crippen LogP contribution in [0.1, 0.15) is 45.1 Å². The van der Waals surface area contributed by atoms with Crippen LogP contribution in [0, 0.1) is 13.8 Å². The van der Waals surface area contributed by atoms with E-state index in [9.17, 15) is 9.90 Å². The lowest BCUT2D eigenvalue weighted by molar-refractivity contribution is 0.0697. The van der Waals surface area contributed by atoms with Crippen LogP contribution in [-0.2, 0) is 0 Å². The van der Waals surface area contributed by atoms with Crippen LogP contribution >= 0.6 is 12.2 Å². The number of aromatic nitrogens is 2. The molecule has 5 rings (SSSR count). The number of hydrogen-bond donors (Lipinski definition) is 2. The summed E-state index contributed by atoms with van der Waals surface area (Å²) in [4.78, 5) is 18.3. The van der Waals surface area contributed by atoms with E-state index >= 15 is 0 Å². The Kier molecular flexibility index (Phi) is 6.20. The van der Waals surface area contributed by atoms with E-state index in [1.165, 1.54) is 0 Å². The minimum Gasteiger partial charge on any atom is -0.495 e. The summed E-state index contributed by atoms with van der Waals surface area (Å²) in [6.07, 6.45) is 1.78. The lowest BCUT2D eigenvalue weighted by atomic mass is 9.96. The first-order valence-electron chi connectivity index (χ1n) is 11.6. The highest BCUT2D eigenvalue weighted by Gasteiger charge is 2.43. The van der Waals surface area contributed by atoms with Crippen molar-refractivity contribution in [2.24, 2.45) is 0 Å². The highest BCUT2D eigenvalue weighted by Crippen LogP contribution is 2.46. The van der Waals surface area contributed by atoms with Crippen LogP contribution < -0.4 is 15.0 Å². The van der Waals surface area contributed by atoms with Crippen LogP contribution in [0.5, 0.6) is 5.75 Å². The van der Waals surface area contributed by atoms with Gasteiger partial charge in [-0.25, -0.2) is 4.79 Å². The molecule has 8 heteroatoms. The average Bonchev–Trinajstić information content (AvgIpc) is 3.39. The lowest BCUT2D eigenvalue weighted by Crippen LogP contribution is -2.30. The number of anilines is 1. The molecule has 0 amide bonds. The molecular weight excluding hydrogens is 472 g/mol. The number of nitrogens with zero attached hydrogens (tertiary/aromatic N) is 3. The van der Waals surface area contributed by atoms with Crippen molar-refractivity contribution < 1.29 is 14.6 Å². The van der Waals surface area contributed by atoms with Crippen LogP contribution in [0.25, 0.3) is 5.69 Å². The second-order valence-corrected chi connectivity index (χ2v) is 9.07. The normalized spacial score (nSPS) is 17.2. The summed E-state index contributed by atoms with van der Waals surface area (Å²) in [6.45, 7) is 4.07. The zero-order valence-corrected chi connectivity index (χ0v) is 21.0. The molecule has 3 heterocycles. The zero-order valence-electron chi connectivity index (χ0n) is 20.2. The first kappa shape index (κ1) is 23.6. The van der Waals surface area contributed by atoms with Crippen molar-refractivity contribution in [2.75, 3.05) is 12.0 Å². The molecule has 1 aliphatic rings. The van der Waals surface area contributed by atoms with Crippen LogP contribution in [0.2, 0.25) is 0 Å². The standard InChI is InChI=1S/C28H26N4O3S/c1-17-15-21(18(2)31(17)20-10-8-9-19(16-20)27(33)34)26-25(22-11-6-7-14-29-22)30-28(36)32(26)23-12-4-5-13-24(23)35-3/h4-16,25-26H,1-3H3,(H,30,36)(H,33,34)/t25-,26-/m1/s1. The maximum Gasteiger partial charge on any atom is 0.335 e. The van der Waals surface area contributed by atoms with Gasteiger partial charge in [-0.15, -0.1) is 0 Å². The molecule has 1 fully saturated rings. The third kappa shape index (κ3) is 3.99. The van der Waals surface area contributed by atoms with E-state index in [0.29, 0.717) is 5.11 Å². The van der Waals surface area contributed by atoms with Gasteiger partial charge in [-0.3, -0.25) is 4.98 Å². The van der Waals surface area contributed by atoms with Gasteiger partial charge in [0, 0.05) is 23.3 Å². The van der Waals surface area contributed by atoms with Crippen molar-refractivity contribution in [1.29, 1.82) is 0 Å². The Morgan fingerprint density at radius 2 is 1.83 bits per heavy atom. The topological polar surface area (TPSA) is 79.6 Å². The molecule has 182 valence electrons. The summed E-state index contributed by atoms with van der Waals surface area (Å²) >= 11 is 5.87. The molecule has 7 nitrogen and oxygen atoms in total. The molecule has 2 atom stereocenters. The average molecular weight is 499 g/mol. The summed E-state index contributed by atoms with van der Waals surface area (Å²) < 4.78 is 7.77. The van der Waals surface area contributed by atoms with E-state index < -0.39 is 5.97 Å². The molecule has 2 N–H and O–H groups in total. The monoisotopic (exact) mass is 498 g/mol. The largest absolute Gasteiger partial charge is 0.495 e. The molecule has 0 radical (unpaired) electrons. The summed E-state index contributed by atoms with van der Waals surface area (Å²) in [5.41, 5.74) is 5.81. The molecule has 0 saturated carbocycles. The number of carbonyl (C=O) groups is 1. The van der Waals surface area contributed by atoms with Crippen molar-refractivity contribution in [3.8, 4) is 11.4 Å². The minimum absolute atomic E-state index is 0.206. The van der Waals surface area contributed by atoms with Gasteiger partial charge in [0.15, 0.2) is 5.11 Å². The van der Waals surface area contributed by atoms with Gasteiger partial charge in [-0.2, -0.15) is 0 Å². The number of carboxylic acids is 1. The quantitative estimate of drug-likeness (QED) is 0.346. The fourth-order valence-electron chi connectivity index (χ4n) is 5.02. The van der Waals surface area contributed by atoms with Crippen LogP contribution in [-0.4, -0.2) is 32.8 Å². The fraction of sp³-hybridized carbons (Fsp3) is 0.179. The molecule has 0 spiro atoms. The van der Waals surface area contributed by atoms with Gasteiger partial charge in [-0.1, -0.05) is 24.3 Å². The molecule has 4 aromatic rings. The number of nitrogens with one attached hydrogen (secondary N) is 1. The lowest BCUT2D eigenvalue weighted by Gasteiger charge is -2.29. The Labute approximate surface area is 215 Å². The van der Waals surface area contributed by atoms with E-state index in [0.717, 1.165) is 39.8 Å². The predicted molar refractivity (Wildman–Crippen MR) is 143 cm³/mol. The number of aromatic carboxylic acids is 1. The maximum absolute atomic E-state index is 11.6. The van der Waals surface area contributed by atoms with Crippen LogP contribution in [0.3, 0.4) is 0 Å². The number of hydrogen-bond acceptors (Lipinski definition) is 4. The second kappa shape index (κ2) is 9.47. The molecule has 0 bridgehead atoms. The number of para-hydroxylation sites is 2. The fourth-order valence-corrected chi connectivity index (χ4v) is 5.36. The number of thiocarbonyl (C=S) groups is 1. The first-order valence-corrected chi connectivity index (χ1v) is 12.0. The van der Waals surface area contributed by atoms with Crippen molar-refractivity contribution >= 4 is 29.0 Å². The number of methoxy groups -OCH3 is 1. The number of ether oxygens (including phenoxy) is 1. The molecular formula is C28H26N4O3S. The maximum atomic E-state index is 11.6. The van der Waals surface area contributed by atoms with Crippen LogP contribution in [0.4, 0.5) is 5.69 Å². The third-order valence-corrected chi connectivity index (χ3v) is 6.90. The first-order chi connectivity index (χ1) is 17.4. The SMILES string of the molecule is COc1ccccc1N1C(=S)N[C@H](c2ccccn2)[C@H]1c1cc(C)n(-c2cccc(C(=O)O)c2)c1C. The minimum atomic E-state index is -0.956. The van der Waals surface area contributed by atoms with Gasteiger partial charge in [0.1, 0.15) is 5.75 Å². The van der Waals surface area contributed by atoms with Gasteiger partial charge in [0.25, 0.3) is 0 Å². The van der Waals surface area contributed by atoms with E-state index in [1.54, 1.807) is 31.5 Å². The van der Waals surface area contributed by atoms with Crippen molar-refractivity contribution in [3.05, 3.63) is 107 Å². The van der Waals surface area contributed by atoms with Crippen molar-refractivity contribution in [2.45, 2.75) is 25.9 Å². The third-order valence-electron chi connectivity index (χ3n) is 6.58. The highest BCUT2D eigenvalue weighted by atomic mass is 32.1. The highest BCUT2D eigenvalue weighted by molar-refractivity contribution is 7.80. The molecule has 1 saturated heterocycles. The predicted octanol–water partition coefficient (Wildman–Crippen LogP) is 5.37. The molecule has 0 aliphatic carbocycles. The molecule has 2 aromatic carbocycles. The van der Waals surface area contributed by atoms with Gasteiger partial charge in [-0.05, 0) is 80.2 Å². The van der Waals surface area contributed by atoms with Crippen molar-refractivity contribution in [3.63, 3.8) is 0 Å². The summed E-state index contributed by atoms with van der Waals surface area (Å²) in [7, 11) is 1.65. The Balaban J connectivity index is 1.70. The van der Waals surface area contributed by atoms with E-state index in [4.69, 9.17) is 17.0 Å². The van der Waals surface area contributed by atoms with Gasteiger partial charge >= 0.3 is 5.97 Å². The van der Waals surface area contributed by atoms with Gasteiger partial charge in [0.05, 0.1) is 36.1 Å². The van der Waals surface area contributed by atoms with E-state index in [-0.39, 0.29) is 17.6 Å². The molecule has 1 aliphatic heterocycles. The van der Waals surface area contributed by atoms with Gasteiger partial charge in [0.2, 0.25) is 0 Å². The van der Waals surface area contributed by atoms with Gasteiger partial charge < -0.3 is 24.6 Å². The Hall–Kier alpha value is -4.17. The Morgan fingerprint density at radius 3 is 2.56 bits per heavy atom. The summed E-state index contributed by atoms with van der Waals surface area (Å²) in [6, 6.07) is 22.4. The zero-order chi connectivity index (χ0) is 25.4. The number of benzene rings is 2. The number of pyridine rings is 1. The molecule has 0 unspecified atom stereocenters. The summed E-state index contributed by atoms with van der Waals surface area (Å²) in [5.74, 6) is -0.237. The Morgan fingerprint density at radius 1 is 1.06 bits per heavy atom. The number of rotatable bonds is 6. The molecule has 2 aromatic heterocycles. The summed E-state index contributed by atoms with van der Waals surface area (Å²) in [5, 5.41) is 13.6. The molecule has 36 heavy (non-hydrogen) atoms. The number of carboxylic acid groups (broad SMARTS) is 1. The Bertz CT molecular complexity index is 1450.